The van der Waals surface area contributed by atoms with E-state index >= 15 is 0 Å². The van der Waals surface area contributed by atoms with Gasteiger partial charge < -0.3 is 20.3 Å². The molecule has 0 bridgehead atoms. The molecule has 1 aromatic heterocycles. The highest BCUT2D eigenvalue weighted by Gasteiger charge is 2.59. The number of hydrogen-bond acceptors (Lipinski definition) is 5. The van der Waals surface area contributed by atoms with E-state index in [9.17, 15) is 35.9 Å². The average molecular weight is 561 g/mol. The molecule has 1 unspecified atom stereocenters. The number of anilines is 1. The topological polar surface area (TPSA) is 75.6 Å². The van der Waals surface area contributed by atoms with E-state index in [1.165, 1.54) is 19.1 Å². The molecule has 0 radical (unpaired) electrons. The lowest BCUT2D eigenvalue weighted by molar-refractivity contribution is -0.214. The highest BCUT2D eigenvalue weighted by Crippen LogP contribution is 2.42. The molecular formula is C26H30F6N4O3. The van der Waals surface area contributed by atoms with Crippen molar-refractivity contribution >= 4 is 11.6 Å². The minimum absolute atomic E-state index is 0.0357. The van der Waals surface area contributed by atoms with Gasteiger partial charge in [0.05, 0.1) is 29.5 Å². The SMILES string of the molecule is CC(NC(=O)c1cn([C@@]2(C(F)(F)F)CCOC2)c(=O)cc1NC1CCN(C)CC1)c1cccc(C(F)F)c1F. The van der Waals surface area contributed by atoms with Crippen molar-refractivity contribution < 1.29 is 35.9 Å². The number of nitrogens with zero attached hydrogens (tertiary/aromatic N) is 2. The van der Waals surface area contributed by atoms with Crippen LogP contribution in [0.4, 0.5) is 32.0 Å². The fourth-order valence-electron chi connectivity index (χ4n) is 5.07. The molecule has 7 nitrogen and oxygen atoms in total. The summed E-state index contributed by atoms with van der Waals surface area (Å²) in [5, 5.41) is 5.62. The van der Waals surface area contributed by atoms with Crippen molar-refractivity contribution in [3.63, 3.8) is 0 Å². The summed E-state index contributed by atoms with van der Waals surface area (Å²) in [5.41, 5.74) is -4.90. The Labute approximate surface area is 221 Å². The van der Waals surface area contributed by atoms with Gasteiger partial charge in [-0.2, -0.15) is 13.2 Å². The third kappa shape index (κ3) is 5.79. The van der Waals surface area contributed by atoms with Crippen molar-refractivity contribution in [2.75, 3.05) is 38.7 Å². The standard InChI is InChI=1S/C26H30F6N4O3/c1-15(17-4-3-5-18(22(17)27)23(28)29)33-24(38)19-13-36(25(26(30,31)32)8-11-39-14-25)21(37)12-20(19)34-16-6-9-35(2)10-7-16/h3-5,12-13,15-16,23,34H,6-11,14H2,1-2H3,(H,33,38)/t15?,25-/m0/s1. The molecule has 13 heteroatoms. The largest absolute Gasteiger partial charge is 0.414 e. The van der Waals surface area contributed by atoms with Gasteiger partial charge in [0.1, 0.15) is 5.82 Å². The zero-order chi connectivity index (χ0) is 28.5. The van der Waals surface area contributed by atoms with Crippen LogP contribution in [0.3, 0.4) is 0 Å². The number of aromatic nitrogens is 1. The molecule has 1 aromatic carbocycles. The fraction of sp³-hybridized carbons (Fsp3) is 0.538. The summed E-state index contributed by atoms with van der Waals surface area (Å²) >= 11 is 0. The lowest BCUT2D eigenvalue weighted by Crippen LogP contribution is -2.52. The maximum atomic E-state index is 14.7. The van der Waals surface area contributed by atoms with E-state index in [4.69, 9.17) is 4.74 Å². The number of rotatable bonds is 7. The third-order valence-corrected chi connectivity index (χ3v) is 7.47. The molecule has 2 saturated heterocycles. The summed E-state index contributed by atoms with van der Waals surface area (Å²) in [6, 6.07) is 3.09. The molecule has 1 amide bonds. The van der Waals surface area contributed by atoms with E-state index in [1.807, 2.05) is 7.05 Å². The Morgan fingerprint density at radius 1 is 1.18 bits per heavy atom. The van der Waals surface area contributed by atoms with Gasteiger partial charge in [-0.1, -0.05) is 18.2 Å². The summed E-state index contributed by atoms with van der Waals surface area (Å²) in [7, 11) is 1.94. The molecule has 2 aliphatic rings. The predicted octanol–water partition coefficient (Wildman–Crippen LogP) is 4.60. The summed E-state index contributed by atoms with van der Waals surface area (Å²) in [5.74, 6) is -2.08. The Hall–Kier alpha value is -3.06. The van der Waals surface area contributed by atoms with Gasteiger partial charge in [0.25, 0.3) is 17.9 Å². The van der Waals surface area contributed by atoms with Gasteiger partial charge in [-0.15, -0.1) is 0 Å². The number of piperidine rings is 1. The molecule has 2 aromatic rings. The number of alkyl halides is 5. The fourth-order valence-corrected chi connectivity index (χ4v) is 5.07. The molecule has 39 heavy (non-hydrogen) atoms. The number of benzene rings is 1. The van der Waals surface area contributed by atoms with Crippen LogP contribution < -0.4 is 16.2 Å². The second-order valence-corrected chi connectivity index (χ2v) is 10.1. The van der Waals surface area contributed by atoms with Gasteiger partial charge in [-0.25, -0.2) is 13.2 Å². The number of carbonyl (C=O) groups excluding carboxylic acids is 1. The van der Waals surface area contributed by atoms with Crippen LogP contribution in [0.5, 0.6) is 0 Å². The van der Waals surface area contributed by atoms with Gasteiger partial charge in [-0.3, -0.25) is 14.2 Å². The number of amides is 1. The molecule has 3 heterocycles. The van der Waals surface area contributed by atoms with Crippen LogP contribution in [-0.2, 0) is 10.3 Å². The first-order chi connectivity index (χ1) is 18.3. The molecule has 0 aliphatic carbocycles. The van der Waals surface area contributed by atoms with Gasteiger partial charge in [-0.05, 0) is 39.9 Å². The van der Waals surface area contributed by atoms with Crippen molar-refractivity contribution in [3.05, 3.63) is 63.3 Å². The van der Waals surface area contributed by atoms with Crippen molar-refractivity contribution in [2.24, 2.45) is 0 Å². The second kappa shape index (κ2) is 11.2. The second-order valence-electron chi connectivity index (χ2n) is 10.1. The van der Waals surface area contributed by atoms with E-state index in [0.717, 1.165) is 31.4 Å². The Kier molecular flexibility index (Phi) is 8.31. The maximum Gasteiger partial charge on any atom is 0.414 e. The number of ether oxygens (including phenoxy) is 1. The third-order valence-electron chi connectivity index (χ3n) is 7.47. The van der Waals surface area contributed by atoms with Crippen LogP contribution in [-0.4, -0.2) is 60.9 Å². The molecule has 2 fully saturated rings. The zero-order valence-corrected chi connectivity index (χ0v) is 21.5. The molecule has 2 aliphatic heterocycles. The Balaban J connectivity index is 1.73. The normalized spacial score (nSPS) is 21.8. The van der Waals surface area contributed by atoms with Crippen LogP contribution in [0.1, 0.15) is 60.1 Å². The molecule has 0 spiro atoms. The number of pyridine rings is 1. The number of halogens is 6. The summed E-state index contributed by atoms with van der Waals surface area (Å²) in [4.78, 5) is 28.6. The zero-order valence-electron chi connectivity index (χ0n) is 21.5. The Morgan fingerprint density at radius 3 is 2.44 bits per heavy atom. The summed E-state index contributed by atoms with van der Waals surface area (Å²) in [6.45, 7) is 1.83. The number of carbonyl (C=O) groups is 1. The Morgan fingerprint density at radius 2 is 1.85 bits per heavy atom. The number of hydrogen-bond donors (Lipinski definition) is 2. The van der Waals surface area contributed by atoms with Crippen molar-refractivity contribution in [3.8, 4) is 0 Å². The predicted molar refractivity (Wildman–Crippen MR) is 132 cm³/mol. The minimum Gasteiger partial charge on any atom is -0.381 e. The van der Waals surface area contributed by atoms with Crippen LogP contribution in [0.2, 0.25) is 0 Å². The first-order valence-electron chi connectivity index (χ1n) is 12.6. The number of nitrogens with one attached hydrogen (secondary N) is 2. The maximum absolute atomic E-state index is 14.7. The molecule has 2 atom stereocenters. The first-order valence-corrected chi connectivity index (χ1v) is 12.6. The van der Waals surface area contributed by atoms with Gasteiger partial charge in [0, 0.05) is 36.9 Å². The lowest BCUT2D eigenvalue weighted by Gasteiger charge is -2.34. The van der Waals surface area contributed by atoms with Crippen LogP contribution in [0.25, 0.3) is 0 Å². The Bertz CT molecular complexity index is 1250. The summed E-state index contributed by atoms with van der Waals surface area (Å²) in [6.07, 6.45) is -6.24. The van der Waals surface area contributed by atoms with E-state index < -0.39 is 60.1 Å². The van der Waals surface area contributed by atoms with E-state index in [-0.39, 0.29) is 29.5 Å². The van der Waals surface area contributed by atoms with Gasteiger partial charge in [0.15, 0.2) is 5.54 Å². The monoisotopic (exact) mass is 560 g/mol. The molecule has 0 saturated carbocycles. The highest BCUT2D eigenvalue weighted by atomic mass is 19.4. The van der Waals surface area contributed by atoms with E-state index in [1.54, 1.807) is 0 Å². The smallest absolute Gasteiger partial charge is 0.381 e. The molecule has 4 rings (SSSR count). The van der Waals surface area contributed by atoms with Crippen molar-refractivity contribution in [1.29, 1.82) is 0 Å². The first kappa shape index (κ1) is 28.9. The minimum atomic E-state index is -4.85. The highest BCUT2D eigenvalue weighted by molar-refractivity contribution is 5.99. The average Bonchev–Trinajstić information content (AvgIpc) is 3.37. The van der Waals surface area contributed by atoms with Crippen molar-refractivity contribution in [2.45, 2.75) is 56.4 Å². The lowest BCUT2D eigenvalue weighted by atomic mass is 9.96. The quantitative estimate of drug-likeness (QED) is 0.485. The van der Waals surface area contributed by atoms with Crippen LogP contribution in [0, 0.1) is 5.82 Å². The number of likely N-dealkylation sites (tertiary alicyclic amines) is 1. The van der Waals surface area contributed by atoms with Crippen LogP contribution >= 0.6 is 0 Å². The summed E-state index contributed by atoms with van der Waals surface area (Å²) < 4.78 is 89.3. The van der Waals surface area contributed by atoms with Crippen LogP contribution in [0.15, 0.2) is 35.3 Å². The van der Waals surface area contributed by atoms with E-state index in [0.29, 0.717) is 17.4 Å². The van der Waals surface area contributed by atoms with Crippen molar-refractivity contribution in [1.82, 2.24) is 14.8 Å². The van der Waals surface area contributed by atoms with Gasteiger partial charge >= 0.3 is 6.18 Å². The molecule has 2 N–H and O–H groups in total. The van der Waals surface area contributed by atoms with E-state index in [2.05, 4.69) is 15.5 Å². The van der Waals surface area contributed by atoms with Gasteiger partial charge in [0.2, 0.25) is 0 Å². The molecular weight excluding hydrogens is 530 g/mol. The molecule has 214 valence electrons.